The highest BCUT2D eigenvalue weighted by Gasteiger charge is 1.99. The summed E-state index contributed by atoms with van der Waals surface area (Å²) in [6.45, 7) is 9.44. The Hall–Kier alpha value is -1.63. The molecule has 0 aromatic heterocycles. The number of hydrogen-bond acceptors (Lipinski definition) is 1. The van der Waals surface area contributed by atoms with Gasteiger partial charge in [-0.3, -0.25) is 4.99 Å². The number of rotatable bonds is 2. The third-order valence-corrected chi connectivity index (χ3v) is 1.65. The Bertz CT molecular complexity index is 338. The molecule has 0 saturated heterocycles. The van der Waals surface area contributed by atoms with Crippen LogP contribution in [0.5, 0.6) is 0 Å². The van der Waals surface area contributed by atoms with E-state index in [-0.39, 0.29) is 0 Å². The van der Waals surface area contributed by atoms with E-state index in [4.69, 9.17) is 0 Å². The highest BCUT2D eigenvalue weighted by Crippen LogP contribution is 2.08. The summed E-state index contributed by atoms with van der Waals surface area (Å²) < 4.78 is 0. The molecular weight excluding hydrogens is 158 g/mol. The van der Waals surface area contributed by atoms with Crippen molar-refractivity contribution in [3.05, 3.63) is 60.9 Å². The van der Waals surface area contributed by atoms with Crippen LogP contribution in [-0.4, -0.2) is 5.71 Å². The van der Waals surface area contributed by atoms with Gasteiger partial charge in [0.25, 0.3) is 0 Å². The molecule has 0 spiro atoms. The maximum Gasteiger partial charge on any atom is 0.0699 e. The number of nitrogens with zero attached hydrogens (tertiary/aromatic N) is 1. The van der Waals surface area contributed by atoms with Gasteiger partial charge in [0.15, 0.2) is 0 Å². The van der Waals surface area contributed by atoms with Crippen molar-refractivity contribution < 1.29 is 0 Å². The van der Waals surface area contributed by atoms with Crippen molar-refractivity contribution in [3.63, 3.8) is 0 Å². The quantitative estimate of drug-likeness (QED) is 0.566. The zero-order valence-electron chi connectivity index (χ0n) is 7.83. The normalized spacial score (nSPS) is 19.6. The minimum Gasteiger partial charge on any atom is -0.253 e. The van der Waals surface area contributed by atoms with Crippen LogP contribution in [0.25, 0.3) is 0 Å². The third kappa shape index (κ3) is 2.71. The van der Waals surface area contributed by atoms with Crippen LogP contribution >= 0.6 is 0 Å². The Morgan fingerprint density at radius 3 is 2.69 bits per heavy atom. The van der Waals surface area contributed by atoms with Crippen molar-refractivity contribution in [2.75, 3.05) is 0 Å². The smallest absolute Gasteiger partial charge is 0.0699 e. The molecule has 1 nitrogen and oxygen atoms in total. The van der Waals surface area contributed by atoms with Gasteiger partial charge in [0, 0.05) is 5.70 Å². The van der Waals surface area contributed by atoms with Gasteiger partial charge in [0.2, 0.25) is 0 Å². The van der Waals surface area contributed by atoms with Crippen LogP contribution in [0.3, 0.4) is 0 Å². The molecule has 0 N–H and O–H groups in total. The molecule has 66 valence electrons. The van der Waals surface area contributed by atoms with Crippen molar-refractivity contribution in [3.8, 4) is 0 Å². The first-order valence-electron chi connectivity index (χ1n) is 4.16. The first-order chi connectivity index (χ1) is 6.24. The summed E-state index contributed by atoms with van der Waals surface area (Å²) in [7, 11) is 0. The van der Waals surface area contributed by atoms with Crippen molar-refractivity contribution in [2.45, 2.75) is 6.92 Å². The summed E-state index contributed by atoms with van der Waals surface area (Å²) in [6.07, 6.45) is 11.4. The van der Waals surface area contributed by atoms with Crippen molar-refractivity contribution in [1.29, 1.82) is 0 Å². The number of allylic oxidation sites excluding steroid dienone is 8. The lowest BCUT2D eigenvalue weighted by Crippen LogP contribution is -1.98. The number of hydrogen-bond donors (Lipinski definition) is 0. The second kappa shape index (κ2) is 4.41. The molecule has 0 bridgehead atoms. The second-order valence-electron chi connectivity index (χ2n) is 2.78. The molecule has 0 atom stereocenters. The van der Waals surface area contributed by atoms with E-state index in [0.29, 0.717) is 0 Å². The maximum absolute atomic E-state index is 4.38. The van der Waals surface area contributed by atoms with Crippen LogP contribution < -0.4 is 0 Å². The highest BCUT2D eigenvalue weighted by atomic mass is 14.7. The molecule has 1 rings (SSSR count). The Labute approximate surface area is 79.2 Å². The minimum atomic E-state index is 0.915. The van der Waals surface area contributed by atoms with E-state index in [1.807, 2.05) is 37.3 Å². The lowest BCUT2D eigenvalue weighted by Gasteiger charge is -2.03. The average Bonchev–Trinajstić information content (AvgIpc) is 2.09. The molecule has 0 amide bonds. The van der Waals surface area contributed by atoms with E-state index in [1.165, 1.54) is 0 Å². The van der Waals surface area contributed by atoms with Crippen LogP contribution in [0, 0.1) is 0 Å². The molecule has 0 fully saturated rings. The van der Waals surface area contributed by atoms with Crippen LogP contribution in [0.1, 0.15) is 6.92 Å². The van der Waals surface area contributed by atoms with Crippen molar-refractivity contribution >= 4 is 5.71 Å². The topological polar surface area (TPSA) is 12.4 Å². The summed E-state index contributed by atoms with van der Waals surface area (Å²) in [4.78, 5) is 4.38. The van der Waals surface area contributed by atoms with Crippen LogP contribution in [0.4, 0.5) is 0 Å². The van der Waals surface area contributed by atoms with E-state index >= 15 is 0 Å². The Kier molecular flexibility index (Phi) is 3.21. The fourth-order valence-electron chi connectivity index (χ4n) is 1.02. The molecule has 0 radical (unpaired) electrons. The second-order valence-corrected chi connectivity index (χ2v) is 2.78. The zero-order chi connectivity index (χ0) is 9.68. The molecule has 0 aliphatic heterocycles. The molecule has 0 unspecified atom stereocenters. The first kappa shape index (κ1) is 9.46. The standard InChI is InChI=1S/C12H13N/c1-4-7-11(3)13-12-9-6-5-8-10(12)2/h4-9H,1-2H2,3H3/b11-7-,13-12-. The molecule has 1 heteroatoms. The van der Waals surface area contributed by atoms with E-state index in [9.17, 15) is 0 Å². The number of aliphatic imine (C=N–C) groups is 1. The highest BCUT2D eigenvalue weighted by molar-refractivity contribution is 6.11. The van der Waals surface area contributed by atoms with E-state index in [0.717, 1.165) is 17.0 Å². The monoisotopic (exact) mass is 171 g/mol. The van der Waals surface area contributed by atoms with Crippen molar-refractivity contribution in [2.24, 2.45) is 4.99 Å². The Morgan fingerprint density at radius 2 is 2.08 bits per heavy atom. The summed E-state index contributed by atoms with van der Waals surface area (Å²) >= 11 is 0. The van der Waals surface area contributed by atoms with E-state index in [1.54, 1.807) is 6.08 Å². The van der Waals surface area contributed by atoms with Gasteiger partial charge in [0.1, 0.15) is 0 Å². The Morgan fingerprint density at radius 1 is 1.38 bits per heavy atom. The van der Waals surface area contributed by atoms with Gasteiger partial charge in [-0.25, -0.2) is 0 Å². The summed E-state index contributed by atoms with van der Waals surface area (Å²) in [5.74, 6) is 0. The molecule has 0 heterocycles. The fraction of sp³-hybridized carbons (Fsp3) is 0.0833. The van der Waals surface area contributed by atoms with Gasteiger partial charge in [0.05, 0.1) is 5.71 Å². The van der Waals surface area contributed by atoms with Gasteiger partial charge in [-0.15, -0.1) is 0 Å². The summed E-state index contributed by atoms with van der Waals surface area (Å²) in [5, 5.41) is 0. The molecule has 13 heavy (non-hydrogen) atoms. The average molecular weight is 171 g/mol. The minimum absolute atomic E-state index is 0.915. The van der Waals surface area contributed by atoms with Crippen LogP contribution in [0.15, 0.2) is 65.9 Å². The third-order valence-electron chi connectivity index (χ3n) is 1.65. The van der Waals surface area contributed by atoms with E-state index in [2.05, 4.69) is 18.2 Å². The van der Waals surface area contributed by atoms with E-state index < -0.39 is 0 Å². The summed E-state index contributed by atoms with van der Waals surface area (Å²) in [5.41, 5.74) is 2.79. The van der Waals surface area contributed by atoms with Gasteiger partial charge in [-0.05, 0) is 24.6 Å². The van der Waals surface area contributed by atoms with Crippen LogP contribution in [-0.2, 0) is 0 Å². The molecular formula is C12H13N. The fourth-order valence-corrected chi connectivity index (χ4v) is 1.02. The summed E-state index contributed by atoms with van der Waals surface area (Å²) in [6, 6.07) is 0. The lowest BCUT2D eigenvalue weighted by atomic mass is 10.1. The molecule has 0 aromatic carbocycles. The molecule has 1 aliphatic carbocycles. The lowest BCUT2D eigenvalue weighted by molar-refractivity contribution is 1.30. The SMILES string of the molecule is C=C/C=C(C)\N=C1\C=CC=CC1=C. The zero-order valence-corrected chi connectivity index (χ0v) is 7.83. The van der Waals surface area contributed by atoms with Crippen molar-refractivity contribution in [1.82, 2.24) is 0 Å². The van der Waals surface area contributed by atoms with Gasteiger partial charge < -0.3 is 0 Å². The largest absolute Gasteiger partial charge is 0.253 e. The van der Waals surface area contributed by atoms with Crippen LogP contribution in [0.2, 0.25) is 0 Å². The first-order valence-corrected chi connectivity index (χ1v) is 4.16. The van der Waals surface area contributed by atoms with Gasteiger partial charge >= 0.3 is 0 Å². The molecule has 1 aliphatic rings. The van der Waals surface area contributed by atoms with Gasteiger partial charge in [-0.1, -0.05) is 37.5 Å². The predicted octanol–water partition coefficient (Wildman–Crippen LogP) is 3.20. The van der Waals surface area contributed by atoms with Gasteiger partial charge in [-0.2, -0.15) is 0 Å². The Balaban J connectivity index is 2.88. The predicted molar refractivity (Wildman–Crippen MR) is 58.8 cm³/mol. The molecule has 0 saturated carbocycles. The maximum atomic E-state index is 4.38. The molecule has 0 aromatic rings.